The summed E-state index contributed by atoms with van der Waals surface area (Å²) in [7, 11) is -3.72. The Labute approximate surface area is 122 Å². The van der Waals surface area contributed by atoms with Crippen molar-refractivity contribution in [3.8, 4) is 24.7 Å². The Bertz CT molecular complexity index is 417. The van der Waals surface area contributed by atoms with Crippen molar-refractivity contribution in [3.05, 3.63) is 12.7 Å². The summed E-state index contributed by atoms with van der Waals surface area (Å²) in [5, 5.41) is 0. The van der Waals surface area contributed by atoms with Crippen LogP contribution in [0.1, 0.15) is 27.7 Å². The Hall–Kier alpha value is -1.03. The summed E-state index contributed by atoms with van der Waals surface area (Å²) in [4.78, 5) is 0. The predicted molar refractivity (Wildman–Crippen MR) is 80.9 cm³/mol. The molecule has 0 spiro atoms. The van der Waals surface area contributed by atoms with Gasteiger partial charge in [-0.2, -0.15) is 0 Å². The van der Waals surface area contributed by atoms with Crippen molar-refractivity contribution in [2.45, 2.75) is 27.7 Å². The van der Waals surface area contributed by atoms with Gasteiger partial charge in [0.1, 0.15) is 0 Å². The van der Waals surface area contributed by atoms with Crippen LogP contribution in [0.3, 0.4) is 0 Å². The number of hydrogen-bond donors (Lipinski definition) is 0. The molecule has 0 aliphatic carbocycles. The molecule has 0 radical (unpaired) electrons. The average Bonchev–Trinajstić information content (AvgIpc) is 2.41. The molecule has 0 aromatic carbocycles. The molecule has 0 saturated carbocycles. The summed E-state index contributed by atoms with van der Waals surface area (Å²) in [6.45, 7) is 10.8. The fourth-order valence-corrected chi connectivity index (χ4v) is 2.29. The van der Waals surface area contributed by atoms with E-state index in [1.54, 1.807) is 27.7 Å². The summed E-state index contributed by atoms with van der Waals surface area (Å²) in [5.74, 6) is 5.09. The lowest BCUT2D eigenvalue weighted by molar-refractivity contribution is 0.0847. The number of phosphoric acid groups is 1. The van der Waals surface area contributed by atoms with Gasteiger partial charge in [-0.3, -0.25) is 13.6 Å². The number of rotatable bonds is 9. The summed E-state index contributed by atoms with van der Waals surface area (Å²) in [6.07, 6.45) is 12.2. The van der Waals surface area contributed by atoms with Gasteiger partial charge in [0.25, 0.3) is 0 Å². The lowest BCUT2D eigenvalue weighted by Gasteiger charge is -2.25. The summed E-state index contributed by atoms with van der Waals surface area (Å²) < 4.78 is 28.1. The fourth-order valence-electron chi connectivity index (χ4n) is 0.820. The highest BCUT2D eigenvalue weighted by Gasteiger charge is 2.32. The van der Waals surface area contributed by atoms with Crippen LogP contribution in [0.15, 0.2) is 12.7 Å². The van der Waals surface area contributed by atoms with Crippen LogP contribution in [-0.2, 0) is 18.1 Å². The van der Waals surface area contributed by atoms with Crippen LogP contribution in [0.25, 0.3) is 0 Å². The van der Waals surface area contributed by atoms with Gasteiger partial charge in [0, 0.05) is 10.8 Å². The maximum absolute atomic E-state index is 12.4. The molecule has 5 heteroatoms. The van der Waals surface area contributed by atoms with E-state index in [0.29, 0.717) is 0 Å². The zero-order chi connectivity index (χ0) is 15.9. The van der Waals surface area contributed by atoms with Crippen LogP contribution in [-0.4, -0.2) is 19.8 Å². The first kappa shape index (κ1) is 19.0. The monoisotopic (exact) mass is 298 g/mol. The van der Waals surface area contributed by atoms with Gasteiger partial charge in [0.05, 0.1) is 19.8 Å². The van der Waals surface area contributed by atoms with Crippen molar-refractivity contribution < 1.29 is 18.1 Å². The van der Waals surface area contributed by atoms with Crippen LogP contribution in [0.2, 0.25) is 0 Å². The van der Waals surface area contributed by atoms with Crippen LogP contribution >= 0.6 is 7.82 Å². The van der Waals surface area contributed by atoms with Gasteiger partial charge >= 0.3 is 7.82 Å². The van der Waals surface area contributed by atoms with Crippen molar-refractivity contribution in [1.82, 2.24) is 0 Å². The first-order valence-electron chi connectivity index (χ1n) is 6.20. The predicted octanol–water partition coefficient (Wildman–Crippen LogP) is 3.65. The molecule has 0 bridgehead atoms. The second kappa shape index (κ2) is 7.67. The molecule has 0 saturated heterocycles. The zero-order valence-corrected chi connectivity index (χ0v) is 13.5. The van der Waals surface area contributed by atoms with E-state index >= 15 is 0 Å². The second-order valence-corrected chi connectivity index (χ2v) is 7.30. The van der Waals surface area contributed by atoms with Crippen LogP contribution in [0.5, 0.6) is 0 Å². The topological polar surface area (TPSA) is 44.8 Å². The van der Waals surface area contributed by atoms with E-state index in [0.717, 1.165) is 0 Å². The molecule has 0 rings (SSSR count). The van der Waals surface area contributed by atoms with E-state index in [1.807, 2.05) is 0 Å². The minimum atomic E-state index is -3.72. The van der Waals surface area contributed by atoms with Gasteiger partial charge in [0.15, 0.2) is 0 Å². The molecular formula is C15H23O4P. The van der Waals surface area contributed by atoms with E-state index in [4.69, 9.17) is 26.4 Å². The van der Waals surface area contributed by atoms with E-state index in [-0.39, 0.29) is 19.8 Å². The summed E-state index contributed by atoms with van der Waals surface area (Å²) >= 11 is 0. The van der Waals surface area contributed by atoms with Crippen LogP contribution < -0.4 is 0 Å². The van der Waals surface area contributed by atoms with E-state index < -0.39 is 18.7 Å². The highest BCUT2D eigenvalue weighted by molar-refractivity contribution is 7.48. The molecule has 0 atom stereocenters. The average molecular weight is 298 g/mol. The van der Waals surface area contributed by atoms with Crippen molar-refractivity contribution in [2.24, 2.45) is 10.8 Å². The molecule has 0 aliphatic heterocycles. The van der Waals surface area contributed by atoms with Gasteiger partial charge in [0.2, 0.25) is 0 Å². The number of hydrogen-bond acceptors (Lipinski definition) is 4. The molecular weight excluding hydrogens is 275 g/mol. The molecule has 0 amide bonds. The lowest BCUT2D eigenvalue weighted by Crippen LogP contribution is -2.20. The van der Waals surface area contributed by atoms with Crippen LogP contribution in [0, 0.1) is 35.5 Å². The second-order valence-electron chi connectivity index (χ2n) is 5.63. The lowest BCUT2D eigenvalue weighted by atomic mass is 9.97. The maximum atomic E-state index is 12.4. The molecule has 0 heterocycles. The molecule has 0 N–H and O–H groups in total. The Morgan fingerprint density at radius 3 is 1.75 bits per heavy atom. The van der Waals surface area contributed by atoms with Gasteiger partial charge in [-0.25, -0.2) is 4.57 Å². The number of phosphoric ester groups is 1. The molecule has 20 heavy (non-hydrogen) atoms. The third-order valence-corrected chi connectivity index (χ3v) is 3.65. The minimum Gasteiger partial charge on any atom is -0.285 e. The normalized spacial score (nSPS) is 12.5. The zero-order valence-electron chi connectivity index (χ0n) is 12.6. The third-order valence-electron chi connectivity index (χ3n) is 2.30. The quantitative estimate of drug-likeness (QED) is 0.370. The molecule has 0 unspecified atom stereocenters. The minimum absolute atomic E-state index is 0.0459. The molecule has 112 valence electrons. The summed E-state index contributed by atoms with van der Waals surface area (Å²) in [5.41, 5.74) is -1.14. The Morgan fingerprint density at radius 2 is 1.45 bits per heavy atom. The molecule has 0 fully saturated rings. The van der Waals surface area contributed by atoms with E-state index in [2.05, 4.69) is 18.4 Å². The molecule has 0 aromatic rings. The Morgan fingerprint density at radius 1 is 1.05 bits per heavy atom. The third kappa shape index (κ3) is 7.53. The van der Waals surface area contributed by atoms with Crippen molar-refractivity contribution in [3.63, 3.8) is 0 Å². The van der Waals surface area contributed by atoms with Crippen molar-refractivity contribution in [1.29, 1.82) is 0 Å². The van der Waals surface area contributed by atoms with E-state index in [1.165, 1.54) is 6.08 Å². The molecule has 0 aromatic heterocycles. The largest absolute Gasteiger partial charge is 0.475 e. The first-order chi connectivity index (χ1) is 9.10. The highest BCUT2D eigenvalue weighted by Crippen LogP contribution is 2.51. The standard InChI is InChI=1S/C15H23O4P/c1-8-11-17-20(16,18-12-14(4,5)9-2)19-13-15(6,7)10-3/h2-3,8H,1,11-13H2,4-7H3. The van der Waals surface area contributed by atoms with Crippen LogP contribution in [0.4, 0.5) is 0 Å². The van der Waals surface area contributed by atoms with Gasteiger partial charge in [-0.1, -0.05) is 17.9 Å². The van der Waals surface area contributed by atoms with Gasteiger partial charge in [-0.15, -0.1) is 19.4 Å². The highest BCUT2D eigenvalue weighted by atomic mass is 31.2. The Balaban J connectivity index is 4.77. The number of terminal acetylenes is 2. The fraction of sp³-hybridized carbons (Fsp3) is 0.600. The van der Waals surface area contributed by atoms with Gasteiger partial charge in [-0.05, 0) is 27.7 Å². The maximum Gasteiger partial charge on any atom is 0.475 e. The smallest absolute Gasteiger partial charge is 0.285 e. The molecule has 0 aliphatic rings. The van der Waals surface area contributed by atoms with Gasteiger partial charge < -0.3 is 0 Å². The SMILES string of the molecule is C#CC(C)(C)COP(=O)(OCC=C)OCC(C)(C)C#C. The first-order valence-corrected chi connectivity index (χ1v) is 7.66. The summed E-state index contributed by atoms with van der Waals surface area (Å²) in [6, 6.07) is 0. The van der Waals surface area contributed by atoms with E-state index in [9.17, 15) is 4.57 Å². The Kier molecular flexibility index (Phi) is 7.28. The van der Waals surface area contributed by atoms with Crippen molar-refractivity contribution >= 4 is 7.82 Å². The molecule has 4 nitrogen and oxygen atoms in total. The van der Waals surface area contributed by atoms with Crippen molar-refractivity contribution in [2.75, 3.05) is 19.8 Å².